The minimum Gasteiger partial charge on any atom is -0.478 e. The normalized spacial score (nSPS) is 16.5. The van der Waals surface area contributed by atoms with Crippen LogP contribution in [0.15, 0.2) is 47.4 Å². The molecule has 1 amide bonds. The Morgan fingerprint density at radius 2 is 1.86 bits per heavy atom. The average Bonchev–Trinajstić information content (AvgIpc) is 2.85. The van der Waals surface area contributed by atoms with Gasteiger partial charge < -0.3 is 10.1 Å². The van der Waals surface area contributed by atoms with Crippen LogP contribution < -0.4 is 14.4 Å². The van der Waals surface area contributed by atoms with Crippen molar-refractivity contribution >= 4 is 33.4 Å². The van der Waals surface area contributed by atoms with Gasteiger partial charge in [0.2, 0.25) is 10.0 Å². The molecule has 2 aromatic carbocycles. The van der Waals surface area contributed by atoms with Crippen molar-refractivity contribution in [2.75, 3.05) is 29.4 Å². The lowest BCUT2D eigenvalue weighted by Gasteiger charge is -2.21. The molecular formula is C21H26N2O4S2. The number of nitrogens with one attached hydrogen (secondary N) is 1. The van der Waals surface area contributed by atoms with E-state index < -0.39 is 16.1 Å². The summed E-state index contributed by atoms with van der Waals surface area (Å²) in [5.41, 5.74) is 2.63. The summed E-state index contributed by atoms with van der Waals surface area (Å²) in [7, 11) is -3.46. The van der Waals surface area contributed by atoms with Gasteiger partial charge in [0.1, 0.15) is 5.75 Å². The lowest BCUT2D eigenvalue weighted by molar-refractivity contribution is -0.127. The van der Waals surface area contributed by atoms with Crippen molar-refractivity contribution < 1.29 is 17.9 Å². The number of anilines is 1. The van der Waals surface area contributed by atoms with Gasteiger partial charge in [-0.2, -0.15) is 0 Å². The van der Waals surface area contributed by atoms with Gasteiger partial charge in [0.25, 0.3) is 5.91 Å². The number of aryl methyl sites for hydroxylation is 2. The summed E-state index contributed by atoms with van der Waals surface area (Å²) in [6.07, 6.45) is 0.729. The van der Waals surface area contributed by atoms with E-state index in [1.165, 1.54) is 16.1 Å². The summed E-state index contributed by atoms with van der Waals surface area (Å²) < 4.78 is 31.7. The summed E-state index contributed by atoms with van der Waals surface area (Å²) in [6, 6.07) is 13.6. The molecule has 1 aliphatic heterocycles. The molecule has 0 spiro atoms. The number of nitrogens with zero attached hydrogens (tertiary/aromatic N) is 1. The van der Waals surface area contributed by atoms with E-state index in [0.717, 1.165) is 16.2 Å². The predicted molar refractivity (Wildman–Crippen MR) is 117 cm³/mol. The number of hydrogen-bond acceptors (Lipinski definition) is 5. The molecule has 0 saturated carbocycles. The first-order valence-corrected chi connectivity index (χ1v) is 12.3. The molecule has 1 N–H and O–H groups in total. The van der Waals surface area contributed by atoms with Crippen molar-refractivity contribution in [1.82, 2.24) is 5.32 Å². The molecule has 6 nitrogen and oxygen atoms in total. The Bertz CT molecular complexity index is 975. The molecule has 1 heterocycles. The highest BCUT2D eigenvalue weighted by Crippen LogP contribution is 2.35. The van der Waals surface area contributed by atoms with Crippen molar-refractivity contribution in [2.24, 2.45) is 0 Å². The Morgan fingerprint density at radius 3 is 2.55 bits per heavy atom. The second-order valence-corrected chi connectivity index (χ2v) is 10.2. The highest BCUT2D eigenvalue weighted by Gasteiger charge is 2.31. The van der Waals surface area contributed by atoms with Crippen LogP contribution in [-0.2, 0) is 14.8 Å². The molecule has 2 aromatic rings. The van der Waals surface area contributed by atoms with Gasteiger partial charge in [-0.25, -0.2) is 8.42 Å². The van der Waals surface area contributed by atoms with Gasteiger partial charge >= 0.3 is 0 Å². The molecule has 0 saturated heterocycles. The van der Waals surface area contributed by atoms with E-state index in [4.69, 9.17) is 4.74 Å². The van der Waals surface area contributed by atoms with E-state index in [-0.39, 0.29) is 18.9 Å². The second kappa shape index (κ2) is 9.09. The van der Waals surface area contributed by atoms with Gasteiger partial charge in [0, 0.05) is 30.2 Å². The smallest absolute Gasteiger partial charge is 0.261 e. The van der Waals surface area contributed by atoms with Crippen LogP contribution in [0.25, 0.3) is 0 Å². The Labute approximate surface area is 176 Å². The SMILES string of the molecule is Cc1ccc(SCCNC(=O)[C@@H]2CCN(S(C)(=O)=O)c3cc(C)ccc3O2)cc1. The van der Waals surface area contributed by atoms with Crippen LogP contribution in [0.4, 0.5) is 5.69 Å². The van der Waals surface area contributed by atoms with Gasteiger partial charge in [0.05, 0.1) is 11.9 Å². The third-order valence-electron chi connectivity index (χ3n) is 4.63. The molecule has 1 aliphatic rings. The quantitative estimate of drug-likeness (QED) is 0.558. The first-order chi connectivity index (χ1) is 13.7. The number of ether oxygens (including phenoxy) is 1. The molecule has 1 atom stereocenters. The number of carbonyl (C=O) groups is 1. The first kappa shape index (κ1) is 21.5. The maximum atomic E-state index is 12.6. The first-order valence-electron chi connectivity index (χ1n) is 9.46. The molecule has 0 aliphatic carbocycles. The van der Waals surface area contributed by atoms with E-state index in [9.17, 15) is 13.2 Å². The average molecular weight is 435 g/mol. The monoisotopic (exact) mass is 434 g/mol. The number of benzene rings is 2. The molecule has 156 valence electrons. The fraction of sp³-hybridized carbons (Fsp3) is 0.381. The molecule has 0 radical (unpaired) electrons. The summed E-state index contributed by atoms with van der Waals surface area (Å²) in [6.45, 7) is 4.65. The number of hydrogen-bond donors (Lipinski definition) is 1. The number of carbonyl (C=O) groups excluding carboxylic acids is 1. The van der Waals surface area contributed by atoms with E-state index in [1.807, 2.05) is 19.9 Å². The summed E-state index contributed by atoms with van der Waals surface area (Å²) in [5.74, 6) is 0.927. The predicted octanol–water partition coefficient (Wildman–Crippen LogP) is 3.13. The standard InChI is InChI=1S/C21H26N2O4S2/c1-15-4-7-17(8-5-15)28-13-11-22-21(24)20-10-12-23(29(3,25)26)18-14-16(2)6-9-19(18)27-20/h4-9,14,20H,10-13H2,1-3H3,(H,22,24)/t20-/m0/s1. The number of amides is 1. The minimum absolute atomic E-state index is 0.200. The van der Waals surface area contributed by atoms with Crippen molar-refractivity contribution in [3.05, 3.63) is 53.6 Å². The van der Waals surface area contributed by atoms with Crippen LogP contribution in [0.5, 0.6) is 5.75 Å². The minimum atomic E-state index is -3.46. The summed E-state index contributed by atoms with van der Waals surface area (Å²) in [4.78, 5) is 13.8. The van der Waals surface area contributed by atoms with E-state index in [1.54, 1.807) is 23.9 Å². The maximum Gasteiger partial charge on any atom is 0.261 e. The molecule has 0 unspecified atom stereocenters. The van der Waals surface area contributed by atoms with Gasteiger partial charge in [-0.15, -0.1) is 11.8 Å². The maximum absolute atomic E-state index is 12.6. The zero-order valence-corrected chi connectivity index (χ0v) is 18.5. The Kier molecular flexibility index (Phi) is 6.74. The Morgan fingerprint density at radius 1 is 1.17 bits per heavy atom. The van der Waals surface area contributed by atoms with Gasteiger partial charge in [0.15, 0.2) is 6.10 Å². The third kappa shape index (κ3) is 5.67. The molecular weight excluding hydrogens is 408 g/mol. The Balaban J connectivity index is 1.61. The third-order valence-corrected chi connectivity index (χ3v) is 6.82. The molecule has 0 aromatic heterocycles. The van der Waals surface area contributed by atoms with Crippen molar-refractivity contribution in [3.8, 4) is 5.75 Å². The number of thioether (sulfide) groups is 1. The van der Waals surface area contributed by atoms with Gasteiger partial charge in [-0.1, -0.05) is 23.8 Å². The topological polar surface area (TPSA) is 75.7 Å². The Hall–Kier alpha value is -2.19. The van der Waals surface area contributed by atoms with Crippen LogP contribution in [0.3, 0.4) is 0 Å². The van der Waals surface area contributed by atoms with Crippen LogP contribution in [0.1, 0.15) is 17.5 Å². The van der Waals surface area contributed by atoms with Crippen LogP contribution in [-0.4, -0.2) is 45.5 Å². The lowest BCUT2D eigenvalue weighted by atomic mass is 10.2. The summed E-state index contributed by atoms with van der Waals surface area (Å²) in [5, 5.41) is 2.90. The number of sulfonamides is 1. The van der Waals surface area contributed by atoms with Crippen molar-refractivity contribution in [1.29, 1.82) is 0 Å². The highest BCUT2D eigenvalue weighted by molar-refractivity contribution is 7.99. The zero-order chi connectivity index (χ0) is 21.0. The van der Waals surface area contributed by atoms with Crippen LogP contribution in [0.2, 0.25) is 0 Å². The lowest BCUT2D eigenvalue weighted by Crippen LogP contribution is -2.40. The van der Waals surface area contributed by atoms with E-state index in [0.29, 0.717) is 18.0 Å². The molecule has 0 fully saturated rings. The molecule has 3 rings (SSSR count). The highest BCUT2D eigenvalue weighted by atomic mass is 32.2. The van der Waals surface area contributed by atoms with Gasteiger partial charge in [-0.05, 0) is 43.7 Å². The van der Waals surface area contributed by atoms with Crippen molar-refractivity contribution in [3.63, 3.8) is 0 Å². The zero-order valence-electron chi connectivity index (χ0n) is 16.8. The number of rotatable bonds is 6. The molecule has 0 bridgehead atoms. The molecule has 8 heteroatoms. The van der Waals surface area contributed by atoms with Crippen LogP contribution in [0, 0.1) is 13.8 Å². The van der Waals surface area contributed by atoms with E-state index >= 15 is 0 Å². The van der Waals surface area contributed by atoms with E-state index in [2.05, 4.69) is 29.6 Å². The number of fused-ring (bicyclic) bond motifs is 1. The molecule has 29 heavy (non-hydrogen) atoms. The second-order valence-electron chi connectivity index (χ2n) is 7.15. The fourth-order valence-corrected chi connectivity index (χ4v) is 4.82. The van der Waals surface area contributed by atoms with Crippen molar-refractivity contribution in [2.45, 2.75) is 31.3 Å². The fourth-order valence-electron chi connectivity index (χ4n) is 3.11. The summed E-state index contributed by atoms with van der Waals surface area (Å²) >= 11 is 1.67. The van der Waals surface area contributed by atoms with Crippen LogP contribution >= 0.6 is 11.8 Å². The largest absolute Gasteiger partial charge is 0.478 e. The van der Waals surface area contributed by atoms with Gasteiger partial charge in [-0.3, -0.25) is 9.10 Å².